The topological polar surface area (TPSA) is 49.6 Å². The van der Waals surface area contributed by atoms with Crippen molar-refractivity contribution in [2.75, 3.05) is 25.0 Å². The largest absolute Gasteiger partial charge is 0.369 e. The number of amides is 1. The number of anilines is 1. The molecule has 1 saturated carbocycles. The summed E-state index contributed by atoms with van der Waals surface area (Å²) in [7, 11) is 1.94. The third-order valence-electron chi connectivity index (χ3n) is 5.31. The number of carbonyl (C=O) groups is 1. The van der Waals surface area contributed by atoms with E-state index >= 15 is 0 Å². The van der Waals surface area contributed by atoms with E-state index in [4.69, 9.17) is 5.73 Å². The summed E-state index contributed by atoms with van der Waals surface area (Å²) in [6.45, 7) is 1.97. The number of carbonyl (C=O) groups excluding carboxylic acids is 1. The quantitative estimate of drug-likeness (QED) is 0.932. The van der Waals surface area contributed by atoms with Crippen LogP contribution in [0.2, 0.25) is 0 Å². The summed E-state index contributed by atoms with van der Waals surface area (Å²) in [6, 6.07) is 10.7. The molecule has 120 valence electrons. The van der Waals surface area contributed by atoms with Gasteiger partial charge in [0.1, 0.15) is 0 Å². The summed E-state index contributed by atoms with van der Waals surface area (Å²) in [4.78, 5) is 17.1. The zero-order chi connectivity index (χ0) is 15.6. The highest BCUT2D eigenvalue weighted by molar-refractivity contribution is 5.86. The van der Waals surface area contributed by atoms with E-state index < -0.39 is 5.54 Å². The fourth-order valence-electron chi connectivity index (χ4n) is 3.88. The maximum Gasteiger partial charge on any atom is 0.242 e. The Morgan fingerprint density at radius 1 is 1.23 bits per heavy atom. The lowest BCUT2D eigenvalue weighted by atomic mass is 9.95. The van der Waals surface area contributed by atoms with Gasteiger partial charge in [-0.2, -0.15) is 0 Å². The summed E-state index contributed by atoms with van der Waals surface area (Å²) in [6.07, 6.45) is 6.03. The number of benzene rings is 1. The molecule has 4 heteroatoms. The Labute approximate surface area is 133 Å². The summed E-state index contributed by atoms with van der Waals surface area (Å²) < 4.78 is 0. The molecule has 1 aliphatic carbocycles. The second-order valence-electron chi connectivity index (χ2n) is 6.86. The number of hydrogen-bond acceptors (Lipinski definition) is 3. The van der Waals surface area contributed by atoms with Gasteiger partial charge >= 0.3 is 0 Å². The SMILES string of the molecule is CN(C(=O)C1(N)CCCC1)C1CCCN(c2ccccc2)C1. The van der Waals surface area contributed by atoms with Crippen molar-refractivity contribution in [3.63, 3.8) is 0 Å². The van der Waals surface area contributed by atoms with Crippen LogP contribution in [0.4, 0.5) is 5.69 Å². The molecule has 1 unspecified atom stereocenters. The Hall–Kier alpha value is -1.55. The maximum atomic E-state index is 12.8. The van der Waals surface area contributed by atoms with Crippen LogP contribution in [0.1, 0.15) is 38.5 Å². The molecule has 1 aliphatic heterocycles. The Balaban J connectivity index is 1.67. The highest BCUT2D eigenvalue weighted by atomic mass is 16.2. The molecule has 0 radical (unpaired) electrons. The lowest BCUT2D eigenvalue weighted by Crippen LogP contribution is -2.58. The summed E-state index contributed by atoms with van der Waals surface area (Å²) in [5.74, 6) is 0.143. The van der Waals surface area contributed by atoms with Crippen LogP contribution in [0.5, 0.6) is 0 Å². The van der Waals surface area contributed by atoms with Gasteiger partial charge in [-0.25, -0.2) is 0 Å². The monoisotopic (exact) mass is 301 g/mol. The van der Waals surface area contributed by atoms with Crippen LogP contribution in [0.15, 0.2) is 30.3 Å². The molecule has 4 nitrogen and oxygen atoms in total. The molecule has 22 heavy (non-hydrogen) atoms. The molecule has 1 aromatic rings. The fourth-order valence-corrected chi connectivity index (χ4v) is 3.88. The molecule has 0 bridgehead atoms. The van der Waals surface area contributed by atoms with Crippen LogP contribution in [0, 0.1) is 0 Å². The number of nitrogens with two attached hydrogens (primary N) is 1. The molecule has 1 atom stereocenters. The van der Waals surface area contributed by atoms with E-state index in [1.165, 1.54) is 5.69 Å². The first-order valence-electron chi connectivity index (χ1n) is 8.46. The van der Waals surface area contributed by atoms with E-state index in [0.717, 1.165) is 51.6 Å². The molecule has 2 fully saturated rings. The molecule has 0 aromatic heterocycles. The van der Waals surface area contributed by atoms with Crippen molar-refractivity contribution in [2.24, 2.45) is 5.73 Å². The molecule has 1 heterocycles. The minimum absolute atomic E-state index is 0.143. The Kier molecular flexibility index (Phi) is 4.39. The van der Waals surface area contributed by atoms with Crippen molar-refractivity contribution in [3.05, 3.63) is 30.3 Å². The minimum atomic E-state index is -0.607. The molecule has 1 saturated heterocycles. The minimum Gasteiger partial charge on any atom is -0.369 e. The molecular weight excluding hydrogens is 274 g/mol. The normalized spacial score (nSPS) is 24.3. The molecule has 3 rings (SSSR count). The lowest BCUT2D eigenvalue weighted by molar-refractivity contribution is -0.137. The first-order valence-corrected chi connectivity index (χ1v) is 8.46. The molecule has 2 N–H and O–H groups in total. The van der Waals surface area contributed by atoms with Crippen molar-refractivity contribution in [2.45, 2.75) is 50.1 Å². The lowest BCUT2D eigenvalue weighted by Gasteiger charge is -2.41. The van der Waals surface area contributed by atoms with Crippen molar-refractivity contribution in [3.8, 4) is 0 Å². The zero-order valence-electron chi connectivity index (χ0n) is 13.5. The van der Waals surface area contributed by atoms with Crippen molar-refractivity contribution >= 4 is 11.6 Å². The van der Waals surface area contributed by atoms with E-state index in [0.29, 0.717) is 0 Å². The van der Waals surface area contributed by atoms with Gasteiger partial charge in [-0.15, -0.1) is 0 Å². The third-order valence-corrected chi connectivity index (χ3v) is 5.31. The van der Waals surface area contributed by atoms with Gasteiger partial charge in [-0.1, -0.05) is 31.0 Å². The van der Waals surface area contributed by atoms with E-state index in [-0.39, 0.29) is 11.9 Å². The zero-order valence-corrected chi connectivity index (χ0v) is 13.5. The van der Waals surface area contributed by atoms with Gasteiger partial charge in [-0.3, -0.25) is 4.79 Å². The van der Waals surface area contributed by atoms with Crippen LogP contribution in [0.25, 0.3) is 0 Å². The van der Waals surface area contributed by atoms with Gasteiger partial charge in [-0.05, 0) is 37.8 Å². The van der Waals surface area contributed by atoms with Crippen LogP contribution in [0.3, 0.4) is 0 Å². The van der Waals surface area contributed by atoms with E-state index in [1.54, 1.807) is 0 Å². The number of hydrogen-bond donors (Lipinski definition) is 1. The van der Waals surface area contributed by atoms with Gasteiger partial charge in [0, 0.05) is 31.9 Å². The Morgan fingerprint density at radius 2 is 1.91 bits per heavy atom. The standard InChI is InChI=1S/C18H27N3O/c1-20(17(22)18(19)11-5-6-12-18)16-10-7-13-21(14-16)15-8-3-2-4-9-15/h2-4,8-9,16H,5-7,10-14,19H2,1H3. The predicted molar refractivity (Wildman–Crippen MR) is 89.8 cm³/mol. The van der Waals surface area contributed by atoms with Gasteiger partial charge < -0.3 is 15.5 Å². The van der Waals surface area contributed by atoms with Gasteiger partial charge in [0.05, 0.1) is 5.54 Å². The summed E-state index contributed by atoms with van der Waals surface area (Å²) in [5, 5.41) is 0. The van der Waals surface area contributed by atoms with Crippen molar-refractivity contribution in [1.82, 2.24) is 4.90 Å². The van der Waals surface area contributed by atoms with E-state index in [9.17, 15) is 4.79 Å². The van der Waals surface area contributed by atoms with Crippen molar-refractivity contribution < 1.29 is 4.79 Å². The van der Waals surface area contributed by atoms with Crippen LogP contribution >= 0.6 is 0 Å². The van der Waals surface area contributed by atoms with Crippen LogP contribution < -0.4 is 10.6 Å². The Morgan fingerprint density at radius 3 is 2.59 bits per heavy atom. The summed E-state index contributed by atoms with van der Waals surface area (Å²) in [5.41, 5.74) is 6.99. The molecule has 1 aromatic carbocycles. The highest BCUT2D eigenvalue weighted by Crippen LogP contribution is 2.30. The smallest absolute Gasteiger partial charge is 0.242 e. The van der Waals surface area contributed by atoms with Crippen LogP contribution in [-0.4, -0.2) is 42.5 Å². The second-order valence-corrected chi connectivity index (χ2v) is 6.86. The summed E-state index contributed by atoms with van der Waals surface area (Å²) >= 11 is 0. The molecule has 2 aliphatic rings. The number of nitrogens with zero attached hydrogens (tertiary/aromatic N) is 2. The average Bonchev–Trinajstić information content (AvgIpc) is 3.02. The van der Waals surface area contributed by atoms with Crippen molar-refractivity contribution in [1.29, 1.82) is 0 Å². The molecule has 1 amide bonds. The van der Waals surface area contributed by atoms with E-state index in [1.807, 2.05) is 18.0 Å². The van der Waals surface area contributed by atoms with E-state index in [2.05, 4.69) is 29.2 Å². The maximum absolute atomic E-state index is 12.8. The number of likely N-dealkylation sites (N-methyl/N-ethyl adjacent to an activating group) is 1. The van der Waals surface area contributed by atoms with Gasteiger partial charge in [0.15, 0.2) is 0 Å². The Bertz CT molecular complexity index is 510. The predicted octanol–water partition coefficient (Wildman–Crippen LogP) is 2.39. The average molecular weight is 301 g/mol. The second kappa shape index (κ2) is 6.29. The molecule has 0 spiro atoms. The number of rotatable bonds is 3. The van der Waals surface area contributed by atoms with Gasteiger partial charge in [0.2, 0.25) is 5.91 Å². The third kappa shape index (κ3) is 2.98. The van der Waals surface area contributed by atoms with Gasteiger partial charge in [0.25, 0.3) is 0 Å². The fraction of sp³-hybridized carbons (Fsp3) is 0.611. The highest BCUT2D eigenvalue weighted by Gasteiger charge is 2.41. The first kappa shape index (κ1) is 15.3. The number of piperidine rings is 1. The number of para-hydroxylation sites is 1. The van der Waals surface area contributed by atoms with Crippen LogP contribution in [-0.2, 0) is 4.79 Å². The molecular formula is C18H27N3O. The first-order chi connectivity index (χ1) is 10.6.